The van der Waals surface area contributed by atoms with Crippen LogP contribution in [-0.4, -0.2) is 52.3 Å². The van der Waals surface area contributed by atoms with Crippen LogP contribution >= 0.6 is 0 Å². The molecule has 1 aliphatic rings. The summed E-state index contributed by atoms with van der Waals surface area (Å²) in [6.45, 7) is 4.81. The van der Waals surface area contributed by atoms with Crippen molar-refractivity contribution in [2.24, 2.45) is 0 Å². The third-order valence-electron chi connectivity index (χ3n) is 3.92. The van der Waals surface area contributed by atoms with Crippen LogP contribution in [0.15, 0.2) is 24.5 Å². The lowest BCUT2D eigenvalue weighted by atomic mass is 10.2. The van der Waals surface area contributed by atoms with E-state index in [9.17, 15) is 8.78 Å². The second-order valence-corrected chi connectivity index (χ2v) is 5.69. The predicted octanol–water partition coefficient (Wildman–Crippen LogP) is 1.35. The normalized spacial score (nSPS) is 15.6. The molecule has 0 aromatic carbocycles. The fraction of sp³-hybridized carbons (Fsp3) is 0.438. The second kappa shape index (κ2) is 7.47. The summed E-state index contributed by atoms with van der Waals surface area (Å²) in [4.78, 5) is 6.69. The number of halogens is 2. The van der Waals surface area contributed by atoms with E-state index >= 15 is 0 Å². The third-order valence-corrected chi connectivity index (χ3v) is 3.92. The van der Waals surface area contributed by atoms with Gasteiger partial charge >= 0.3 is 0 Å². The first-order chi connectivity index (χ1) is 11.7. The van der Waals surface area contributed by atoms with Gasteiger partial charge in [-0.3, -0.25) is 4.90 Å². The van der Waals surface area contributed by atoms with E-state index in [1.807, 2.05) is 12.1 Å². The highest BCUT2D eigenvalue weighted by Crippen LogP contribution is 2.14. The molecule has 0 radical (unpaired) electrons. The molecule has 0 unspecified atom stereocenters. The number of hydrogen-bond acceptors (Lipinski definition) is 5. The number of nitrogens with one attached hydrogen (secondary N) is 1. The van der Waals surface area contributed by atoms with Crippen LogP contribution < -0.4 is 5.32 Å². The number of rotatable bonds is 5. The smallest absolute Gasteiger partial charge is 0.244 e. The number of aromatic nitrogens is 3. The van der Waals surface area contributed by atoms with Gasteiger partial charge in [0.05, 0.1) is 23.9 Å². The molecular weight excluding hydrogens is 314 g/mol. The lowest BCUT2D eigenvalue weighted by molar-refractivity contribution is 0.147. The molecule has 2 aromatic heterocycles. The summed E-state index contributed by atoms with van der Waals surface area (Å²) in [6, 6.07) is 5.64. The first kappa shape index (κ1) is 16.5. The first-order valence-corrected chi connectivity index (χ1v) is 7.81. The van der Waals surface area contributed by atoms with Crippen molar-refractivity contribution in [3.05, 3.63) is 41.3 Å². The van der Waals surface area contributed by atoms with E-state index in [-0.39, 0.29) is 11.3 Å². The number of nitrogens with zero attached hydrogens (tertiary/aromatic N) is 5. The van der Waals surface area contributed by atoms with Gasteiger partial charge in [0.15, 0.2) is 5.82 Å². The summed E-state index contributed by atoms with van der Waals surface area (Å²) in [5.41, 5.74) is 1.34. The zero-order chi connectivity index (χ0) is 16.9. The van der Waals surface area contributed by atoms with Crippen molar-refractivity contribution in [2.45, 2.75) is 19.4 Å². The zero-order valence-corrected chi connectivity index (χ0v) is 13.1. The van der Waals surface area contributed by atoms with E-state index in [1.165, 1.54) is 10.9 Å². The van der Waals surface area contributed by atoms with Crippen LogP contribution in [0.2, 0.25) is 0 Å². The van der Waals surface area contributed by atoms with Gasteiger partial charge in [0.25, 0.3) is 0 Å². The van der Waals surface area contributed by atoms with E-state index in [2.05, 4.69) is 20.3 Å². The Kier molecular flexibility index (Phi) is 5.13. The lowest BCUT2D eigenvalue weighted by Gasteiger charge is -2.27. The minimum Gasteiger partial charge on any atom is -0.314 e. The van der Waals surface area contributed by atoms with Gasteiger partial charge in [0.1, 0.15) is 6.07 Å². The Morgan fingerprint density at radius 2 is 2.08 bits per heavy atom. The van der Waals surface area contributed by atoms with Crippen molar-refractivity contribution in [3.63, 3.8) is 0 Å². The van der Waals surface area contributed by atoms with Gasteiger partial charge in [0.2, 0.25) is 6.43 Å². The van der Waals surface area contributed by atoms with Gasteiger partial charge in [0, 0.05) is 38.9 Å². The molecule has 0 saturated carbocycles. The molecule has 8 heteroatoms. The second-order valence-electron chi connectivity index (χ2n) is 5.69. The maximum Gasteiger partial charge on any atom is 0.244 e. The molecule has 3 rings (SSSR count). The number of pyridine rings is 1. The number of hydrogen-bond donors (Lipinski definition) is 1. The molecule has 1 aliphatic heterocycles. The maximum atomic E-state index is 12.5. The van der Waals surface area contributed by atoms with Gasteiger partial charge in [-0.25, -0.2) is 18.4 Å². The van der Waals surface area contributed by atoms with Crippen LogP contribution in [0.3, 0.4) is 0 Å². The average Bonchev–Trinajstić information content (AvgIpc) is 2.98. The monoisotopic (exact) mass is 332 g/mol. The van der Waals surface area contributed by atoms with E-state index in [1.54, 1.807) is 12.3 Å². The standard InChI is InChI=1S/C16H18F2N6/c17-15(18)7-14-13(8-19)11-24(22-14)16-2-1-12(9-21-16)10-23-5-3-20-4-6-23/h1-2,9,11,15,20H,3-7,10H2. The van der Waals surface area contributed by atoms with Crippen molar-refractivity contribution >= 4 is 0 Å². The lowest BCUT2D eigenvalue weighted by Crippen LogP contribution is -2.42. The molecule has 1 N–H and O–H groups in total. The van der Waals surface area contributed by atoms with Crippen LogP contribution in [-0.2, 0) is 13.0 Å². The highest BCUT2D eigenvalue weighted by molar-refractivity contribution is 5.35. The minimum atomic E-state index is -2.53. The molecule has 6 nitrogen and oxygen atoms in total. The van der Waals surface area contributed by atoms with E-state index in [4.69, 9.17) is 5.26 Å². The molecule has 1 saturated heterocycles. The van der Waals surface area contributed by atoms with Gasteiger partial charge in [-0.1, -0.05) is 6.07 Å². The minimum absolute atomic E-state index is 0.0965. The van der Waals surface area contributed by atoms with E-state index in [0.29, 0.717) is 5.82 Å². The van der Waals surface area contributed by atoms with Crippen molar-refractivity contribution < 1.29 is 8.78 Å². The Morgan fingerprint density at radius 3 is 2.71 bits per heavy atom. The molecule has 24 heavy (non-hydrogen) atoms. The molecule has 0 spiro atoms. The molecule has 0 atom stereocenters. The Labute approximate surface area is 138 Å². The van der Waals surface area contributed by atoms with Crippen molar-refractivity contribution in [1.29, 1.82) is 5.26 Å². The number of piperazine rings is 1. The number of alkyl halides is 2. The molecule has 1 fully saturated rings. The quantitative estimate of drug-likeness (QED) is 0.895. The molecule has 126 valence electrons. The number of nitriles is 1. The Balaban J connectivity index is 1.73. The Bertz CT molecular complexity index is 713. The summed E-state index contributed by atoms with van der Waals surface area (Å²) < 4.78 is 26.5. The van der Waals surface area contributed by atoms with Crippen LogP contribution in [0.1, 0.15) is 16.8 Å². The zero-order valence-electron chi connectivity index (χ0n) is 13.1. The predicted molar refractivity (Wildman–Crippen MR) is 83.9 cm³/mol. The average molecular weight is 332 g/mol. The third kappa shape index (κ3) is 3.93. The highest BCUT2D eigenvalue weighted by Gasteiger charge is 2.15. The van der Waals surface area contributed by atoms with Crippen LogP contribution in [0, 0.1) is 11.3 Å². The fourth-order valence-electron chi connectivity index (χ4n) is 2.69. The summed E-state index contributed by atoms with van der Waals surface area (Å²) in [6.07, 6.45) is 0.139. The van der Waals surface area contributed by atoms with Gasteiger partial charge in [-0.15, -0.1) is 0 Å². The molecule has 0 amide bonds. The molecule has 0 aliphatic carbocycles. The summed E-state index contributed by atoms with van der Waals surface area (Å²) in [5, 5.41) is 16.4. The summed E-state index contributed by atoms with van der Waals surface area (Å²) >= 11 is 0. The van der Waals surface area contributed by atoms with E-state index in [0.717, 1.165) is 38.3 Å². The highest BCUT2D eigenvalue weighted by atomic mass is 19.3. The maximum absolute atomic E-state index is 12.5. The summed E-state index contributed by atoms with van der Waals surface area (Å²) in [5.74, 6) is 0.510. The Morgan fingerprint density at radius 1 is 1.29 bits per heavy atom. The summed E-state index contributed by atoms with van der Waals surface area (Å²) in [7, 11) is 0. The van der Waals surface area contributed by atoms with Crippen LogP contribution in [0.4, 0.5) is 8.78 Å². The van der Waals surface area contributed by atoms with Crippen LogP contribution in [0.25, 0.3) is 5.82 Å². The van der Waals surface area contributed by atoms with E-state index < -0.39 is 12.8 Å². The topological polar surface area (TPSA) is 69.8 Å². The Hall–Kier alpha value is -2.37. The molecular formula is C16H18F2N6. The largest absolute Gasteiger partial charge is 0.314 e. The van der Waals surface area contributed by atoms with Crippen molar-refractivity contribution in [1.82, 2.24) is 25.0 Å². The van der Waals surface area contributed by atoms with Crippen LogP contribution in [0.5, 0.6) is 0 Å². The molecule has 0 bridgehead atoms. The van der Waals surface area contributed by atoms with Crippen molar-refractivity contribution in [3.8, 4) is 11.9 Å². The molecule has 2 aromatic rings. The fourth-order valence-corrected chi connectivity index (χ4v) is 2.69. The molecule has 3 heterocycles. The van der Waals surface area contributed by atoms with Gasteiger partial charge < -0.3 is 5.32 Å². The van der Waals surface area contributed by atoms with Crippen molar-refractivity contribution in [2.75, 3.05) is 26.2 Å². The van der Waals surface area contributed by atoms with Gasteiger partial charge in [-0.2, -0.15) is 10.4 Å². The SMILES string of the molecule is N#Cc1cn(-c2ccc(CN3CCNCC3)cn2)nc1CC(F)F. The van der Waals surface area contributed by atoms with Gasteiger partial charge in [-0.05, 0) is 11.6 Å². The first-order valence-electron chi connectivity index (χ1n) is 7.81.